The van der Waals surface area contributed by atoms with E-state index in [1.165, 1.54) is 19.3 Å². The van der Waals surface area contributed by atoms with Crippen molar-refractivity contribution in [2.24, 2.45) is 0 Å². The van der Waals surface area contributed by atoms with Crippen LogP contribution >= 0.6 is 11.6 Å². The summed E-state index contributed by atoms with van der Waals surface area (Å²) in [5.41, 5.74) is 1.12. The molecular formula is C13H18ClNO2. The van der Waals surface area contributed by atoms with Crippen LogP contribution in [0.3, 0.4) is 0 Å². The van der Waals surface area contributed by atoms with Gasteiger partial charge in [0.05, 0.1) is 19.2 Å². The van der Waals surface area contributed by atoms with Gasteiger partial charge < -0.3 is 14.8 Å². The summed E-state index contributed by atoms with van der Waals surface area (Å²) in [5.74, 6) is 1.28. The highest BCUT2D eigenvalue weighted by Gasteiger charge is 2.17. The molecule has 3 nitrogen and oxygen atoms in total. The van der Waals surface area contributed by atoms with E-state index in [1.807, 2.05) is 12.1 Å². The van der Waals surface area contributed by atoms with Gasteiger partial charge in [-0.3, -0.25) is 0 Å². The molecule has 0 bridgehead atoms. The molecule has 0 unspecified atom stereocenters. The molecule has 4 heteroatoms. The first-order valence-corrected chi connectivity index (χ1v) is 6.26. The summed E-state index contributed by atoms with van der Waals surface area (Å²) in [5, 5.41) is 4.09. The Labute approximate surface area is 107 Å². The third-order valence-electron chi connectivity index (χ3n) is 3.19. The average Bonchev–Trinajstić information content (AvgIpc) is 2.26. The van der Waals surface area contributed by atoms with E-state index < -0.39 is 0 Å². The van der Waals surface area contributed by atoms with Crippen LogP contribution in [-0.2, 0) is 6.54 Å². The molecule has 0 aromatic heterocycles. The standard InChI is InChI=1S/C13H18ClNO2/c1-16-12-7-9(6-11(14)13(12)17-2)8-15-10-4-3-5-10/h6-7,10,15H,3-5,8H2,1-2H3. The number of rotatable bonds is 5. The lowest BCUT2D eigenvalue weighted by atomic mass is 9.93. The Hall–Kier alpha value is -0.930. The van der Waals surface area contributed by atoms with E-state index in [4.69, 9.17) is 21.1 Å². The zero-order valence-corrected chi connectivity index (χ0v) is 11.0. The van der Waals surface area contributed by atoms with Gasteiger partial charge in [-0.05, 0) is 30.5 Å². The summed E-state index contributed by atoms with van der Waals surface area (Å²) in [4.78, 5) is 0. The molecule has 94 valence electrons. The molecule has 0 saturated heterocycles. The van der Waals surface area contributed by atoms with Crippen molar-refractivity contribution in [2.75, 3.05) is 14.2 Å². The van der Waals surface area contributed by atoms with Crippen LogP contribution in [0.1, 0.15) is 24.8 Å². The van der Waals surface area contributed by atoms with E-state index >= 15 is 0 Å². The second kappa shape index (κ2) is 5.61. The van der Waals surface area contributed by atoms with Gasteiger partial charge in [0.1, 0.15) is 0 Å². The quantitative estimate of drug-likeness (QED) is 0.877. The predicted molar refractivity (Wildman–Crippen MR) is 69.0 cm³/mol. The Bertz CT molecular complexity index is 391. The lowest BCUT2D eigenvalue weighted by molar-refractivity contribution is 0.336. The fraction of sp³-hybridized carbons (Fsp3) is 0.538. The Morgan fingerprint density at radius 2 is 2.06 bits per heavy atom. The molecule has 1 fully saturated rings. The Morgan fingerprint density at radius 1 is 1.29 bits per heavy atom. The van der Waals surface area contributed by atoms with Crippen LogP contribution in [0.4, 0.5) is 0 Å². The minimum Gasteiger partial charge on any atom is -0.493 e. The topological polar surface area (TPSA) is 30.5 Å². The smallest absolute Gasteiger partial charge is 0.179 e. The average molecular weight is 256 g/mol. The first-order valence-electron chi connectivity index (χ1n) is 5.88. The molecule has 0 atom stereocenters. The molecule has 17 heavy (non-hydrogen) atoms. The molecule has 0 heterocycles. The van der Waals surface area contributed by atoms with Crippen molar-refractivity contribution in [3.8, 4) is 11.5 Å². The van der Waals surface area contributed by atoms with Gasteiger partial charge in [0, 0.05) is 12.6 Å². The van der Waals surface area contributed by atoms with Gasteiger partial charge in [0.15, 0.2) is 11.5 Å². The summed E-state index contributed by atoms with van der Waals surface area (Å²) >= 11 is 6.14. The fourth-order valence-corrected chi connectivity index (χ4v) is 2.26. The number of ether oxygens (including phenoxy) is 2. The zero-order valence-electron chi connectivity index (χ0n) is 10.3. The minimum atomic E-state index is 0.595. The highest BCUT2D eigenvalue weighted by molar-refractivity contribution is 6.32. The molecule has 0 aliphatic heterocycles. The normalized spacial score (nSPS) is 15.5. The van der Waals surface area contributed by atoms with Crippen LogP contribution in [0.25, 0.3) is 0 Å². The second-order valence-electron chi connectivity index (χ2n) is 4.32. The van der Waals surface area contributed by atoms with Gasteiger partial charge in [-0.1, -0.05) is 18.0 Å². The maximum atomic E-state index is 6.14. The van der Waals surface area contributed by atoms with Crippen LogP contribution in [0, 0.1) is 0 Å². The van der Waals surface area contributed by atoms with Gasteiger partial charge >= 0.3 is 0 Å². The molecule has 0 amide bonds. The highest BCUT2D eigenvalue weighted by atomic mass is 35.5. The fourth-order valence-electron chi connectivity index (χ4n) is 1.95. The first-order chi connectivity index (χ1) is 8.24. The summed E-state index contributed by atoms with van der Waals surface area (Å²) in [6.45, 7) is 0.824. The summed E-state index contributed by atoms with van der Waals surface area (Å²) in [6.07, 6.45) is 3.90. The predicted octanol–water partition coefficient (Wildman–Crippen LogP) is 3.00. The Balaban J connectivity index is 2.08. The van der Waals surface area contributed by atoms with Crippen molar-refractivity contribution in [2.45, 2.75) is 31.8 Å². The molecule has 1 N–H and O–H groups in total. The third-order valence-corrected chi connectivity index (χ3v) is 3.47. The van der Waals surface area contributed by atoms with Crippen LogP contribution in [0.5, 0.6) is 11.5 Å². The summed E-state index contributed by atoms with van der Waals surface area (Å²) in [7, 11) is 3.22. The van der Waals surface area contributed by atoms with E-state index in [2.05, 4.69) is 5.32 Å². The second-order valence-corrected chi connectivity index (χ2v) is 4.73. The van der Waals surface area contributed by atoms with E-state index in [9.17, 15) is 0 Å². The monoisotopic (exact) mass is 255 g/mol. The number of hydrogen-bond acceptors (Lipinski definition) is 3. The molecule has 1 aromatic carbocycles. The van der Waals surface area contributed by atoms with E-state index in [1.54, 1.807) is 14.2 Å². The lowest BCUT2D eigenvalue weighted by Crippen LogP contribution is -2.34. The van der Waals surface area contributed by atoms with Crippen molar-refractivity contribution >= 4 is 11.6 Å². The van der Waals surface area contributed by atoms with Crippen molar-refractivity contribution < 1.29 is 9.47 Å². The van der Waals surface area contributed by atoms with Gasteiger partial charge in [0.2, 0.25) is 0 Å². The van der Waals surface area contributed by atoms with Gasteiger partial charge in [-0.25, -0.2) is 0 Å². The largest absolute Gasteiger partial charge is 0.493 e. The number of hydrogen-bond donors (Lipinski definition) is 1. The third kappa shape index (κ3) is 2.85. The Morgan fingerprint density at radius 3 is 2.59 bits per heavy atom. The number of nitrogens with one attached hydrogen (secondary N) is 1. The zero-order chi connectivity index (χ0) is 12.3. The van der Waals surface area contributed by atoms with Crippen molar-refractivity contribution in [3.05, 3.63) is 22.7 Å². The lowest BCUT2D eigenvalue weighted by Gasteiger charge is -2.26. The summed E-state index contributed by atoms with van der Waals surface area (Å²) in [6, 6.07) is 4.56. The van der Waals surface area contributed by atoms with E-state index in [0.29, 0.717) is 22.6 Å². The number of benzene rings is 1. The maximum Gasteiger partial charge on any atom is 0.179 e. The minimum absolute atomic E-state index is 0.595. The molecule has 1 saturated carbocycles. The molecule has 2 rings (SSSR count). The van der Waals surface area contributed by atoms with Crippen LogP contribution in [0.2, 0.25) is 5.02 Å². The van der Waals surface area contributed by atoms with Gasteiger partial charge in [0.25, 0.3) is 0 Å². The first kappa shape index (κ1) is 12.5. The molecule has 0 spiro atoms. The van der Waals surface area contributed by atoms with Crippen molar-refractivity contribution in [3.63, 3.8) is 0 Å². The van der Waals surface area contributed by atoms with Gasteiger partial charge in [-0.2, -0.15) is 0 Å². The van der Waals surface area contributed by atoms with Crippen LogP contribution in [0.15, 0.2) is 12.1 Å². The molecule has 1 aromatic rings. The van der Waals surface area contributed by atoms with Crippen LogP contribution < -0.4 is 14.8 Å². The number of halogens is 1. The van der Waals surface area contributed by atoms with Crippen molar-refractivity contribution in [1.29, 1.82) is 0 Å². The highest BCUT2D eigenvalue weighted by Crippen LogP contribution is 2.36. The molecule has 1 aliphatic carbocycles. The Kier molecular flexibility index (Phi) is 4.13. The SMILES string of the molecule is COc1cc(CNC2CCC2)cc(Cl)c1OC. The molecule has 0 radical (unpaired) electrons. The van der Waals surface area contributed by atoms with Crippen LogP contribution in [-0.4, -0.2) is 20.3 Å². The number of methoxy groups -OCH3 is 2. The van der Waals surface area contributed by atoms with E-state index in [0.717, 1.165) is 12.1 Å². The van der Waals surface area contributed by atoms with Crippen molar-refractivity contribution in [1.82, 2.24) is 5.32 Å². The summed E-state index contributed by atoms with van der Waals surface area (Å²) < 4.78 is 10.5. The van der Waals surface area contributed by atoms with E-state index in [-0.39, 0.29) is 0 Å². The molecule has 1 aliphatic rings. The molecular weight excluding hydrogens is 238 g/mol. The maximum absolute atomic E-state index is 6.14. The van der Waals surface area contributed by atoms with Gasteiger partial charge in [-0.15, -0.1) is 0 Å².